The Bertz CT molecular complexity index is 1220. The van der Waals surface area contributed by atoms with Crippen LogP contribution in [0.4, 0.5) is 5.69 Å². The van der Waals surface area contributed by atoms with E-state index in [1.807, 2.05) is 66.7 Å². The maximum Gasteiger partial charge on any atom is 0.138 e. The normalized spacial score (nSPS) is 11.2. The van der Waals surface area contributed by atoms with E-state index in [4.69, 9.17) is 4.98 Å². The summed E-state index contributed by atoms with van der Waals surface area (Å²) in [6, 6.07) is 27.8. The zero-order valence-electron chi connectivity index (χ0n) is 16.1. The topological polar surface area (TPSA) is 45.5 Å². The van der Waals surface area contributed by atoms with E-state index in [0.717, 1.165) is 30.0 Å². The molecule has 1 aromatic heterocycles. The summed E-state index contributed by atoms with van der Waals surface area (Å²) in [5.41, 5.74) is 1.35. The highest BCUT2D eigenvalue weighted by Gasteiger charge is 2.10. The fourth-order valence-corrected chi connectivity index (χ4v) is 5.69. The molecule has 4 aromatic rings. The number of phenolic OH excluding ortho intramolecular Hbond substituents is 1. The standard InChI is InChI=1S/C24H16Br2N2OS2/c25-17-13-16(23(29)20(26)14-17)15-27-21-11-12-22(30-18-7-3-1-4-8-18)28-24(21)31-19-9-5-2-6-10-19/h1-15,29H. The summed E-state index contributed by atoms with van der Waals surface area (Å²) in [6.07, 6.45) is 1.65. The van der Waals surface area contributed by atoms with Crippen molar-refractivity contribution in [3.63, 3.8) is 0 Å². The lowest BCUT2D eigenvalue weighted by Gasteiger charge is -2.08. The van der Waals surface area contributed by atoms with E-state index < -0.39 is 0 Å². The van der Waals surface area contributed by atoms with E-state index in [-0.39, 0.29) is 5.75 Å². The monoisotopic (exact) mass is 570 g/mol. The van der Waals surface area contributed by atoms with Crippen LogP contribution in [0.3, 0.4) is 0 Å². The van der Waals surface area contributed by atoms with Gasteiger partial charge in [-0.1, -0.05) is 75.9 Å². The van der Waals surface area contributed by atoms with Crippen LogP contribution in [0.1, 0.15) is 5.56 Å². The Balaban J connectivity index is 1.69. The number of benzene rings is 3. The molecule has 0 aliphatic heterocycles. The van der Waals surface area contributed by atoms with Gasteiger partial charge in [-0.25, -0.2) is 4.98 Å². The number of aromatic nitrogens is 1. The molecule has 0 spiro atoms. The number of halogens is 2. The molecule has 7 heteroatoms. The van der Waals surface area contributed by atoms with Gasteiger partial charge in [0, 0.05) is 26.0 Å². The van der Waals surface area contributed by atoms with E-state index in [9.17, 15) is 5.11 Å². The molecule has 0 amide bonds. The third-order valence-electron chi connectivity index (χ3n) is 4.14. The summed E-state index contributed by atoms with van der Waals surface area (Å²) in [5.74, 6) is 0.147. The van der Waals surface area contributed by atoms with Crippen molar-refractivity contribution >= 4 is 67.3 Å². The molecule has 0 radical (unpaired) electrons. The first kappa shape index (κ1) is 22.1. The summed E-state index contributed by atoms with van der Waals surface area (Å²) in [4.78, 5) is 11.7. The van der Waals surface area contributed by atoms with Crippen LogP contribution in [-0.4, -0.2) is 16.3 Å². The second kappa shape index (κ2) is 10.5. The number of rotatable bonds is 6. The van der Waals surface area contributed by atoms with E-state index in [2.05, 4.69) is 49.0 Å². The first-order valence-electron chi connectivity index (χ1n) is 9.27. The molecule has 0 atom stereocenters. The first-order chi connectivity index (χ1) is 15.1. The van der Waals surface area contributed by atoms with Crippen LogP contribution in [0, 0.1) is 0 Å². The van der Waals surface area contributed by atoms with Gasteiger partial charge >= 0.3 is 0 Å². The minimum atomic E-state index is 0.147. The summed E-state index contributed by atoms with van der Waals surface area (Å²) < 4.78 is 1.46. The Kier molecular flexibility index (Phi) is 7.50. The van der Waals surface area contributed by atoms with Crippen molar-refractivity contribution in [3.8, 4) is 5.75 Å². The highest BCUT2D eigenvalue weighted by molar-refractivity contribution is 9.11. The fraction of sp³-hybridized carbons (Fsp3) is 0. The molecule has 1 N–H and O–H groups in total. The van der Waals surface area contributed by atoms with Crippen molar-refractivity contribution in [1.29, 1.82) is 0 Å². The summed E-state index contributed by atoms with van der Waals surface area (Å²) in [7, 11) is 0. The molecule has 154 valence electrons. The van der Waals surface area contributed by atoms with Gasteiger partial charge in [-0.05, 0) is 64.5 Å². The van der Waals surface area contributed by atoms with Crippen LogP contribution in [0.25, 0.3) is 0 Å². The second-order valence-electron chi connectivity index (χ2n) is 6.39. The highest BCUT2D eigenvalue weighted by Crippen LogP contribution is 2.37. The molecule has 3 aromatic carbocycles. The van der Waals surface area contributed by atoms with Crippen LogP contribution < -0.4 is 0 Å². The van der Waals surface area contributed by atoms with Crippen LogP contribution in [-0.2, 0) is 0 Å². The Morgan fingerprint density at radius 1 is 0.806 bits per heavy atom. The van der Waals surface area contributed by atoms with Gasteiger partial charge in [-0.2, -0.15) is 0 Å². The largest absolute Gasteiger partial charge is 0.506 e. The van der Waals surface area contributed by atoms with Crippen molar-refractivity contribution in [2.45, 2.75) is 19.8 Å². The van der Waals surface area contributed by atoms with Crippen molar-refractivity contribution in [2.75, 3.05) is 0 Å². The molecule has 0 fully saturated rings. The predicted octanol–water partition coefficient (Wildman–Crippen LogP) is 8.37. The minimum absolute atomic E-state index is 0.147. The second-order valence-corrected chi connectivity index (χ2v) is 10.3. The third kappa shape index (κ3) is 6.01. The molecule has 31 heavy (non-hydrogen) atoms. The number of nitrogens with zero attached hydrogens (tertiary/aromatic N) is 2. The summed E-state index contributed by atoms with van der Waals surface area (Å²) in [5, 5.41) is 12.0. The van der Waals surface area contributed by atoms with Gasteiger partial charge < -0.3 is 5.11 Å². The van der Waals surface area contributed by atoms with Gasteiger partial charge in [0.25, 0.3) is 0 Å². The molecule has 0 aliphatic rings. The number of pyridine rings is 1. The summed E-state index contributed by atoms with van der Waals surface area (Å²) >= 11 is 9.99. The number of hydrogen-bond donors (Lipinski definition) is 1. The smallest absolute Gasteiger partial charge is 0.138 e. The van der Waals surface area contributed by atoms with E-state index in [1.165, 1.54) is 0 Å². The van der Waals surface area contributed by atoms with Crippen LogP contribution in [0.15, 0.2) is 119 Å². The maximum absolute atomic E-state index is 10.3. The molecule has 1 heterocycles. The van der Waals surface area contributed by atoms with Crippen molar-refractivity contribution in [1.82, 2.24) is 4.98 Å². The Labute approximate surface area is 206 Å². The number of phenols is 1. The van der Waals surface area contributed by atoms with E-state index in [0.29, 0.717) is 10.0 Å². The van der Waals surface area contributed by atoms with Crippen LogP contribution >= 0.6 is 55.4 Å². The predicted molar refractivity (Wildman–Crippen MR) is 136 cm³/mol. The van der Waals surface area contributed by atoms with Gasteiger partial charge in [0.05, 0.1) is 10.2 Å². The zero-order valence-corrected chi connectivity index (χ0v) is 20.9. The SMILES string of the molecule is Oc1c(Br)cc(Br)cc1C=Nc1ccc(Sc2ccccc2)nc1Sc1ccccc1. The Hall–Kier alpha value is -2.06. The van der Waals surface area contributed by atoms with Gasteiger partial charge in [-0.3, -0.25) is 4.99 Å². The van der Waals surface area contributed by atoms with Crippen LogP contribution in [0.2, 0.25) is 0 Å². The Morgan fingerprint density at radius 2 is 1.45 bits per heavy atom. The molecule has 0 unspecified atom stereocenters. The first-order valence-corrected chi connectivity index (χ1v) is 12.5. The van der Waals surface area contributed by atoms with Gasteiger partial charge in [0.2, 0.25) is 0 Å². The number of aliphatic imine (C=N–C) groups is 1. The van der Waals surface area contributed by atoms with Gasteiger partial charge in [-0.15, -0.1) is 0 Å². The molecule has 3 nitrogen and oxygen atoms in total. The van der Waals surface area contributed by atoms with E-state index in [1.54, 1.807) is 35.8 Å². The average molecular weight is 572 g/mol. The average Bonchev–Trinajstić information content (AvgIpc) is 2.78. The molecule has 0 aliphatic carbocycles. The highest BCUT2D eigenvalue weighted by atomic mass is 79.9. The lowest BCUT2D eigenvalue weighted by molar-refractivity contribution is 0.471. The molecule has 0 bridgehead atoms. The lowest BCUT2D eigenvalue weighted by Crippen LogP contribution is -1.88. The Morgan fingerprint density at radius 3 is 2.13 bits per heavy atom. The lowest BCUT2D eigenvalue weighted by atomic mass is 10.2. The van der Waals surface area contributed by atoms with Crippen molar-refractivity contribution in [3.05, 3.63) is 99.4 Å². The molecule has 0 saturated carbocycles. The van der Waals surface area contributed by atoms with Crippen molar-refractivity contribution in [2.24, 2.45) is 4.99 Å². The molecule has 0 saturated heterocycles. The molecular formula is C24H16Br2N2OS2. The maximum atomic E-state index is 10.3. The quantitative estimate of drug-likeness (QED) is 0.236. The summed E-state index contributed by atoms with van der Waals surface area (Å²) in [6.45, 7) is 0. The zero-order chi connectivity index (χ0) is 21.6. The minimum Gasteiger partial charge on any atom is -0.506 e. The molecular weight excluding hydrogens is 556 g/mol. The van der Waals surface area contributed by atoms with Crippen LogP contribution in [0.5, 0.6) is 5.75 Å². The third-order valence-corrected chi connectivity index (χ3v) is 7.15. The fourth-order valence-electron chi connectivity index (χ4n) is 2.68. The molecule has 4 rings (SSSR count). The van der Waals surface area contributed by atoms with Gasteiger partial charge in [0.1, 0.15) is 15.8 Å². The number of aromatic hydroxyl groups is 1. The van der Waals surface area contributed by atoms with Gasteiger partial charge in [0.15, 0.2) is 0 Å². The number of hydrogen-bond acceptors (Lipinski definition) is 5. The van der Waals surface area contributed by atoms with E-state index >= 15 is 0 Å². The van der Waals surface area contributed by atoms with Crippen molar-refractivity contribution < 1.29 is 5.11 Å².